The Kier molecular flexibility index (Phi) is 8.77. The second-order valence-electron chi connectivity index (χ2n) is 5.69. The van der Waals surface area contributed by atoms with Crippen LogP contribution in [0, 0.1) is 6.92 Å². The first-order valence-corrected chi connectivity index (χ1v) is 10.4. The molecule has 0 unspecified atom stereocenters. The van der Waals surface area contributed by atoms with E-state index in [0.717, 1.165) is 28.5 Å². The van der Waals surface area contributed by atoms with E-state index in [-0.39, 0.29) is 24.0 Å². The minimum atomic E-state index is -3.26. The van der Waals surface area contributed by atoms with Crippen molar-refractivity contribution in [2.45, 2.75) is 20.0 Å². The number of sulfonamides is 1. The maximum atomic E-state index is 11.2. The molecule has 1 aromatic heterocycles. The molecule has 0 spiro atoms. The lowest BCUT2D eigenvalue weighted by atomic mass is 10.2. The van der Waals surface area contributed by atoms with Crippen molar-refractivity contribution in [2.24, 2.45) is 4.99 Å². The first-order valence-electron chi connectivity index (χ1n) is 7.66. The Hall–Kier alpha value is -1.40. The number of aryl methyl sites for hydroxylation is 1. The maximum Gasteiger partial charge on any atom is 0.229 e. The molecule has 1 aromatic carbocycles. The van der Waals surface area contributed by atoms with E-state index in [4.69, 9.17) is 0 Å². The van der Waals surface area contributed by atoms with Crippen LogP contribution < -0.4 is 10.0 Å². The number of aliphatic imine (C=N–C) groups is 1. The van der Waals surface area contributed by atoms with Crippen LogP contribution in [-0.4, -0.2) is 44.6 Å². The summed E-state index contributed by atoms with van der Waals surface area (Å²) in [6, 6.07) is 7.22. The summed E-state index contributed by atoms with van der Waals surface area (Å²) in [4.78, 5) is 10.8. The Morgan fingerprint density at radius 1 is 1.31 bits per heavy atom. The highest BCUT2D eigenvalue weighted by molar-refractivity contribution is 14.0. The molecular formula is C16H24IN5O2S2. The van der Waals surface area contributed by atoms with E-state index < -0.39 is 10.0 Å². The summed E-state index contributed by atoms with van der Waals surface area (Å²) in [6.45, 7) is 3.26. The van der Waals surface area contributed by atoms with E-state index in [2.05, 4.69) is 20.0 Å². The zero-order chi connectivity index (χ0) is 18.4. The van der Waals surface area contributed by atoms with Crippen molar-refractivity contribution in [1.29, 1.82) is 0 Å². The SMILES string of the molecule is CN=C(NCc1ccc(NS(C)(=O)=O)cc1)N(C)Cc1csc(C)n1.I. The molecule has 0 saturated heterocycles. The molecule has 0 saturated carbocycles. The molecule has 0 aliphatic rings. The monoisotopic (exact) mass is 509 g/mol. The Morgan fingerprint density at radius 2 is 1.96 bits per heavy atom. The van der Waals surface area contributed by atoms with Gasteiger partial charge in [-0.3, -0.25) is 9.71 Å². The van der Waals surface area contributed by atoms with Gasteiger partial charge in [-0.1, -0.05) is 12.1 Å². The molecule has 10 heteroatoms. The fourth-order valence-corrected chi connectivity index (χ4v) is 3.44. The first kappa shape index (κ1) is 22.6. The highest BCUT2D eigenvalue weighted by Gasteiger charge is 2.09. The second-order valence-corrected chi connectivity index (χ2v) is 8.50. The molecule has 0 aliphatic carbocycles. The van der Waals surface area contributed by atoms with E-state index in [1.165, 1.54) is 0 Å². The van der Waals surface area contributed by atoms with Crippen molar-refractivity contribution in [3.63, 3.8) is 0 Å². The van der Waals surface area contributed by atoms with Crippen LogP contribution in [0.2, 0.25) is 0 Å². The van der Waals surface area contributed by atoms with Gasteiger partial charge in [-0.2, -0.15) is 0 Å². The minimum absolute atomic E-state index is 0. The van der Waals surface area contributed by atoms with Gasteiger partial charge >= 0.3 is 0 Å². The number of hydrogen-bond acceptors (Lipinski definition) is 5. The molecule has 0 fully saturated rings. The van der Waals surface area contributed by atoms with E-state index in [0.29, 0.717) is 18.8 Å². The lowest BCUT2D eigenvalue weighted by molar-refractivity contribution is 0.470. The predicted octanol–water partition coefficient (Wildman–Crippen LogP) is 2.65. The van der Waals surface area contributed by atoms with E-state index in [1.54, 1.807) is 30.5 Å². The molecule has 26 heavy (non-hydrogen) atoms. The molecule has 0 aliphatic heterocycles. The Bertz CT molecular complexity index is 835. The van der Waals surface area contributed by atoms with E-state index in [1.807, 2.05) is 36.4 Å². The van der Waals surface area contributed by atoms with Gasteiger partial charge in [0.1, 0.15) is 0 Å². The van der Waals surface area contributed by atoms with Crippen LogP contribution in [0.15, 0.2) is 34.6 Å². The molecule has 144 valence electrons. The van der Waals surface area contributed by atoms with Crippen LogP contribution in [-0.2, 0) is 23.1 Å². The topological polar surface area (TPSA) is 86.7 Å². The Balaban J connectivity index is 0.00000338. The highest BCUT2D eigenvalue weighted by Crippen LogP contribution is 2.12. The third kappa shape index (κ3) is 7.46. The lowest BCUT2D eigenvalue weighted by Crippen LogP contribution is -2.38. The number of nitrogens with zero attached hydrogens (tertiary/aromatic N) is 3. The van der Waals surface area contributed by atoms with Crippen molar-refractivity contribution in [3.8, 4) is 0 Å². The van der Waals surface area contributed by atoms with Gasteiger partial charge in [0.25, 0.3) is 0 Å². The van der Waals surface area contributed by atoms with Gasteiger partial charge in [0.15, 0.2) is 5.96 Å². The fraction of sp³-hybridized carbons (Fsp3) is 0.375. The van der Waals surface area contributed by atoms with Gasteiger partial charge in [-0.25, -0.2) is 13.4 Å². The molecule has 2 aromatic rings. The van der Waals surface area contributed by atoms with E-state index in [9.17, 15) is 8.42 Å². The van der Waals surface area contributed by atoms with Gasteiger partial charge in [0.2, 0.25) is 10.0 Å². The van der Waals surface area contributed by atoms with Crippen molar-refractivity contribution < 1.29 is 8.42 Å². The van der Waals surface area contributed by atoms with E-state index >= 15 is 0 Å². The fourth-order valence-electron chi connectivity index (χ4n) is 2.27. The molecule has 0 radical (unpaired) electrons. The van der Waals surface area contributed by atoms with Gasteiger partial charge < -0.3 is 10.2 Å². The molecule has 2 N–H and O–H groups in total. The summed E-state index contributed by atoms with van der Waals surface area (Å²) in [5, 5.41) is 6.39. The smallest absolute Gasteiger partial charge is 0.229 e. The van der Waals surface area contributed by atoms with Crippen molar-refractivity contribution >= 4 is 57.0 Å². The summed E-state index contributed by atoms with van der Waals surface area (Å²) in [5.74, 6) is 0.768. The van der Waals surface area contributed by atoms with Crippen LogP contribution in [0.5, 0.6) is 0 Å². The number of thiazole rings is 1. The van der Waals surface area contributed by atoms with Crippen LogP contribution in [0.3, 0.4) is 0 Å². The summed E-state index contributed by atoms with van der Waals surface area (Å²) >= 11 is 1.63. The summed E-state index contributed by atoms with van der Waals surface area (Å²) in [7, 11) is 0.446. The van der Waals surface area contributed by atoms with Crippen molar-refractivity contribution in [1.82, 2.24) is 15.2 Å². The van der Waals surface area contributed by atoms with Crippen LogP contribution in [0.1, 0.15) is 16.3 Å². The number of halogens is 1. The zero-order valence-corrected chi connectivity index (χ0v) is 19.1. The predicted molar refractivity (Wildman–Crippen MR) is 119 cm³/mol. The number of hydrogen-bond donors (Lipinski definition) is 2. The maximum absolute atomic E-state index is 11.2. The van der Waals surface area contributed by atoms with Crippen LogP contribution in [0.25, 0.3) is 0 Å². The second kappa shape index (κ2) is 10.1. The number of aromatic nitrogens is 1. The average molecular weight is 509 g/mol. The number of benzene rings is 1. The van der Waals surface area contributed by atoms with Gasteiger partial charge in [0, 0.05) is 31.7 Å². The molecule has 7 nitrogen and oxygen atoms in total. The number of anilines is 1. The zero-order valence-electron chi connectivity index (χ0n) is 15.2. The largest absolute Gasteiger partial charge is 0.352 e. The third-order valence-corrected chi connectivity index (χ3v) is 4.78. The third-order valence-electron chi connectivity index (χ3n) is 3.35. The normalized spacial score (nSPS) is 11.6. The summed E-state index contributed by atoms with van der Waals surface area (Å²) in [5.41, 5.74) is 2.59. The van der Waals surface area contributed by atoms with Crippen molar-refractivity contribution in [2.75, 3.05) is 25.1 Å². The molecule has 0 bridgehead atoms. The lowest BCUT2D eigenvalue weighted by Gasteiger charge is -2.21. The average Bonchev–Trinajstić information content (AvgIpc) is 2.93. The molecule has 2 rings (SSSR count). The van der Waals surface area contributed by atoms with Crippen LogP contribution in [0.4, 0.5) is 5.69 Å². The Morgan fingerprint density at radius 3 is 2.46 bits per heavy atom. The quantitative estimate of drug-likeness (QED) is 0.355. The highest BCUT2D eigenvalue weighted by atomic mass is 127. The Labute approximate surface area is 176 Å². The molecule has 1 heterocycles. The summed E-state index contributed by atoms with van der Waals surface area (Å²) < 4.78 is 24.9. The standard InChI is InChI=1S/C16H23N5O2S2.HI/c1-12-19-15(11-24-12)10-21(3)16(17-2)18-9-13-5-7-14(8-6-13)20-25(4,22)23;/h5-8,11,20H,9-10H2,1-4H3,(H,17,18);1H. The number of nitrogens with one attached hydrogen (secondary N) is 2. The molecular weight excluding hydrogens is 485 g/mol. The number of guanidine groups is 1. The van der Waals surface area contributed by atoms with Crippen LogP contribution >= 0.6 is 35.3 Å². The van der Waals surface area contributed by atoms with Gasteiger partial charge in [-0.05, 0) is 24.6 Å². The molecule has 0 atom stereocenters. The first-order chi connectivity index (χ1) is 11.8. The minimum Gasteiger partial charge on any atom is -0.352 e. The number of rotatable bonds is 6. The van der Waals surface area contributed by atoms with Gasteiger partial charge in [-0.15, -0.1) is 35.3 Å². The van der Waals surface area contributed by atoms with Gasteiger partial charge in [0.05, 0.1) is 23.5 Å². The summed E-state index contributed by atoms with van der Waals surface area (Å²) in [6.07, 6.45) is 1.13. The van der Waals surface area contributed by atoms with Crippen molar-refractivity contribution in [3.05, 3.63) is 45.9 Å². The molecule has 0 amide bonds.